The van der Waals surface area contributed by atoms with Crippen LogP contribution in [0.25, 0.3) is 0 Å². The third kappa shape index (κ3) is 2.26. The summed E-state index contributed by atoms with van der Waals surface area (Å²) in [5.41, 5.74) is 5.83. The van der Waals surface area contributed by atoms with E-state index in [-0.39, 0.29) is 11.5 Å². The van der Waals surface area contributed by atoms with E-state index < -0.39 is 0 Å². The molecule has 1 aliphatic rings. The Kier molecular flexibility index (Phi) is 3.06. The summed E-state index contributed by atoms with van der Waals surface area (Å²) in [7, 11) is 1.68. The van der Waals surface area contributed by atoms with E-state index in [2.05, 4.69) is 10.2 Å². The number of nitrogens with one attached hydrogen (secondary N) is 1. The maximum Gasteiger partial charge on any atom is 0.259 e. The van der Waals surface area contributed by atoms with Crippen LogP contribution in [0.4, 0.5) is 5.82 Å². The largest absolute Gasteiger partial charge is 0.383 e. The number of carbonyl (C=O) groups excluding carboxylic acids is 1. The van der Waals surface area contributed by atoms with Crippen LogP contribution in [0, 0.1) is 0 Å². The van der Waals surface area contributed by atoms with E-state index in [1.165, 1.54) is 6.20 Å². The molecule has 94 valence electrons. The molecule has 0 saturated carbocycles. The van der Waals surface area contributed by atoms with Gasteiger partial charge in [0.25, 0.3) is 5.91 Å². The molecule has 2 heterocycles. The van der Waals surface area contributed by atoms with Crippen LogP contribution in [-0.2, 0) is 4.74 Å². The minimum atomic E-state index is -0.258. The standard InChI is InChI=1S/C11H18N4O2/c1-11(17-2)4-3-5-15(7-11)10(16)8-6-13-14-9(8)12/h6H,3-5,7H2,1-2H3,(H3,12,13,14). The number of likely N-dealkylation sites (tertiary alicyclic amines) is 1. The summed E-state index contributed by atoms with van der Waals surface area (Å²) >= 11 is 0. The number of hydrogen-bond donors (Lipinski definition) is 2. The fourth-order valence-electron chi connectivity index (χ4n) is 2.18. The first kappa shape index (κ1) is 11.9. The summed E-state index contributed by atoms with van der Waals surface area (Å²) in [6.45, 7) is 3.35. The average Bonchev–Trinajstić information content (AvgIpc) is 2.75. The zero-order valence-corrected chi connectivity index (χ0v) is 10.2. The minimum absolute atomic E-state index is 0.0841. The number of nitrogen functional groups attached to an aromatic ring is 1. The number of amides is 1. The molecule has 0 radical (unpaired) electrons. The lowest BCUT2D eigenvalue weighted by Crippen LogP contribution is -2.49. The summed E-state index contributed by atoms with van der Waals surface area (Å²) < 4.78 is 5.46. The molecular formula is C11H18N4O2. The Balaban J connectivity index is 2.13. The van der Waals surface area contributed by atoms with Gasteiger partial charge < -0.3 is 15.4 Å². The molecule has 2 rings (SSSR count). The second-order valence-electron chi connectivity index (χ2n) is 4.68. The quantitative estimate of drug-likeness (QED) is 0.791. The van der Waals surface area contributed by atoms with Gasteiger partial charge in [0.15, 0.2) is 0 Å². The van der Waals surface area contributed by atoms with Crippen molar-refractivity contribution in [1.82, 2.24) is 15.1 Å². The topological polar surface area (TPSA) is 84.2 Å². The number of carbonyl (C=O) groups is 1. The molecule has 1 aliphatic heterocycles. The van der Waals surface area contributed by atoms with Crippen molar-refractivity contribution >= 4 is 11.7 Å². The van der Waals surface area contributed by atoms with Crippen molar-refractivity contribution in [2.45, 2.75) is 25.4 Å². The SMILES string of the molecule is COC1(C)CCCN(C(=O)c2cn[nH]c2N)C1. The average molecular weight is 238 g/mol. The lowest BCUT2D eigenvalue weighted by Gasteiger charge is -2.39. The van der Waals surface area contributed by atoms with Crippen LogP contribution in [0.2, 0.25) is 0 Å². The van der Waals surface area contributed by atoms with Gasteiger partial charge in [-0.3, -0.25) is 9.89 Å². The molecule has 1 aromatic rings. The molecule has 0 bridgehead atoms. The smallest absolute Gasteiger partial charge is 0.259 e. The van der Waals surface area contributed by atoms with E-state index in [1.54, 1.807) is 12.0 Å². The number of methoxy groups -OCH3 is 1. The second-order valence-corrected chi connectivity index (χ2v) is 4.68. The fraction of sp³-hybridized carbons (Fsp3) is 0.636. The first-order chi connectivity index (χ1) is 8.06. The van der Waals surface area contributed by atoms with Gasteiger partial charge in [-0.05, 0) is 19.8 Å². The number of piperidine rings is 1. The molecule has 1 atom stereocenters. The second kappa shape index (κ2) is 4.37. The molecule has 0 aliphatic carbocycles. The Labute approximate surface area is 100 Å². The maximum absolute atomic E-state index is 12.2. The number of rotatable bonds is 2. The van der Waals surface area contributed by atoms with Crippen molar-refractivity contribution in [3.63, 3.8) is 0 Å². The third-order valence-corrected chi connectivity index (χ3v) is 3.34. The van der Waals surface area contributed by atoms with E-state index in [0.717, 1.165) is 19.4 Å². The van der Waals surface area contributed by atoms with Crippen molar-refractivity contribution in [3.05, 3.63) is 11.8 Å². The highest BCUT2D eigenvalue weighted by Crippen LogP contribution is 2.25. The number of H-pyrrole nitrogens is 1. The molecule has 0 aromatic carbocycles. The lowest BCUT2D eigenvalue weighted by molar-refractivity contribution is -0.0439. The van der Waals surface area contributed by atoms with Crippen LogP contribution in [-0.4, -0.2) is 46.8 Å². The Morgan fingerprint density at radius 3 is 3.06 bits per heavy atom. The van der Waals surface area contributed by atoms with Crippen LogP contribution < -0.4 is 5.73 Å². The summed E-state index contributed by atoms with van der Waals surface area (Å²) in [6.07, 6.45) is 3.37. The van der Waals surface area contributed by atoms with Crippen LogP contribution in [0.15, 0.2) is 6.20 Å². The molecule has 6 nitrogen and oxygen atoms in total. The highest BCUT2D eigenvalue weighted by Gasteiger charge is 2.34. The highest BCUT2D eigenvalue weighted by molar-refractivity contribution is 5.98. The Morgan fingerprint density at radius 2 is 2.47 bits per heavy atom. The van der Waals surface area contributed by atoms with E-state index in [0.29, 0.717) is 17.9 Å². The number of aromatic amines is 1. The van der Waals surface area contributed by atoms with Crippen molar-refractivity contribution in [1.29, 1.82) is 0 Å². The van der Waals surface area contributed by atoms with Gasteiger partial charge in [-0.25, -0.2) is 0 Å². The molecule has 1 unspecified atom stereocenters. The third-order valence-electron chi connectivity index (χ3n) is 3.34. The normalized spacial score (nSPS) is 24.9. The molecule has 1 amide bonds. The maximum atomic E-state index is 12.2. The number of nitrogens with two attached hydrogens (primary N) is 1. The monoisotopic (exact) mass is 238 g/mol. The predicted molar refractivity (Wildman–Crippen MR) is 63.6 cm³/mol. The predicted octanol–water partition coefficient (Wildman–Crippen LogP) is 0.633. The van der Waals surface area contributed by atoms with E-state index in [1.807, 2.05) is 6.92 Å². The molecule has 1 fully saturated rings. The zero-order valence-electron chi connectivity index (χ0n) is 10.2. The van der Waals surface area contributed by atoms with Gasteiger partial charge in [-0.1, -0.05) is 0 Å². The summed E-state index contributed by atoms with van der Waals surface area (Å²) in [5, 5.41) is 6.34. The van der Waals surface area contributed by atoms with Gasteiger partial charge in [-0.2, -0.15) is 5.10 Å². The van der Waals surface area contributed by atoms with E-state index in [4.69, 9.17) is 10.5 Å². The van der Waals surface area contributed by atoms with Crippen LogP contribution in [0.3, 0.4) is 0 Å². The van der Waals surface area contributed by atoms with Crippen LogP contribution >= 0.6 is 0 Å². The van der Waals surface area contributed by atoms with Crippen molar-refractivity contribution in [3.8, 4) is 0 Å². The molecule has 1 aromatic heterocycles. The Bertz CT molecular complexity index is 417. The lowest BCUT2D eigenvalue weighted by atomic mass is 9.94. The van der Waals surface area contributed by atoms with E-state index >= 15 is 0 Å². The summed E-state index contributed by atoms with van der Waals surface area (Å²) in [5.74, 6) is 0.235. The zero-order chi connectivity index (χ0) is 12.5. The number of hydrogen-bond acceptors (Lipinski definition) is 4. The molecule has 17 heavy (non-hydrogen) atoms. The Morgan fingerprint density at radius 1 is 1.71 bits per heavy atom. The molecule has 6 heteroatoms. The summed E-state index contributed by atoms with van der Waals surface area (Å²) in [4.78, 5) is 14.0. The molecule has 3 N–H and O–H groups in total. The molecule has 0 spiro atoms. The molecule has 1 saturated heterocycles. The number of aromatic nitrogens is 2. The number of nitrogens with zero attached hydrogens (tertiary/aromatic N) is 2. The first-order valence-corrected chi connectivity index (χ1v) is 5.69. The fourth-order valence-corrected chi connectivity index (χ4v) is 2.18. The van der Waals surface area contributed by atoms with Gasteiger partial charge in [0.1, 0.15) is 11.4 Å². The molecular weight excluding hydrogens is 220 g/mol. The van der Waals surface area contributed by atoms with Gasteiger partial charge >= 0.3 is 0 Å². The first-order valence-electron chi connectivity index (χ1n) is 5.69. The van der Waals surface area contributed by atoms with Gasteiger partial charge in [0, 0.05) is 20.2 Å². The summed E-state index contributed by atoms with van der Waals surface area (Å²) in [6, 6.07) is 0. The number of anilines is 1. The van der Waals surface area contributed by atoms with E-state index in [9.17, 15) is 4.79 Å². The van der Waals surface area contributed by atoms with Gasteiger partial charge in [-0.15, -0.1) is 0 Å². The van der Waals surface area contributed by atoms with Gasteiger partial charge in [0.05, 0.1) is 11.8 Å². The van der Waals surface area contributed by atoms with Crippen molar-refractivity contribution in [2.75, 3.05) is 25.9 Å². The van der Waals surface area contributed by atoms with Crippen LogP contribution in [0.5, 0.6) is 0 Å². The number of ether oxygens (including phenoxy) is 1. The van der Waals surface area contributed by atoms with Crippen molar-refractivity contribution < 1.29 is 9.53 Å². The minimum Gasteiger partial charge on any atom is -0.383 e. The van der Waals surface area contributed by atoms with Gasteiger partial charge in [0.2, 0.25) is 0 Å². The van der Waals surface area contributed by atoms with Crippen LogP contribution in [0.1, 0.15) is 30.1 Å². The van der Waals surface area contributed by atoms with Crippen molar-refractivity contribution in [2.24, 2.45) is 0 Å². The highest BCUT2D eigenvalue weighted by atomic mass is 16.5. The Hall–Kier alpha value is -1.56.